The Kier molecular flexibility index (Phi) is 11.9. The lowest BCUT2D eigenvalue weighted by Crippen LogP contribution is -2.25. The van der Waals surface area contributed by atoms with E-state index in [1.165, 1.54) is 80.9 Å². The Bertz CT molecular complexity index is 844. The van der Waals surface area contributed by atoms with Crippen LogP contribution in [0.25, 0.3) is 11.1 Å². The minimum absolute atomic E-state index is 0.0176. The monoisotopic (exact) mass is 476 g/mol. The molecular weight excluding hydrogens is 428 g/mol. The van der Waals surface area contributed by atoms with E-state index < -0.39 is 0 Å². The Morgan fingerprint density at radius 3 is 1.97 bits per heavy atom. The highest BCUT2D eigenvalue weighted by Gasteiger charge is 2.29. The number of aryl methyl sites for hydroxylation is 1. The van der Waals surface area contributed by atoms with Gasteiger partial charge in [0.25, 0.3) is 0 Å². The van der Waals surface area contributed by atoms with Crippen molar-refractivity contribution >= 4 is 5.97 Å². The lowest BCUT2D eigenvalue weighted by Gasteiger charge is -2.28. The van der Waals surface area contributed by atoms with Crippen LogP contribution >= 0.6 is 0 Å². The Balaban J connectivity index is 1.49. The predicted molar refractivity (Wildman–Crippen MR) is 148 cm³/mol. The molecule has 1 atom stereocenters. The van der Waals surface area contributed by atoms with Gasteiger partial charge in [-0.05, 0) is 73.1 Å². The van der Waals surface area contributed by atoms with Crippen molar-refractivity contribution in [3.63, 3.8) is 0 Å². The van der Waals surface area contributed by atoms with Gasteiger partial charge >= 0.3 is 5.97 Å². The van der Waals surface area contributed by atoms with Gasteiger partial charge in [-0.1, -0.05) is 114 Å². The maximum absolute atomic E-state index is 12.9. The average molecular weight is 477 g/mol. The number of rotatable bonds is 14. The zero-order valence-corrected chi connectivity index (χ0v) is 22.6. The van der Waals surface area contributed by atoms with Gasteiger partial charge in [-0.25, -0.2) is 0 Å². The van der Waals surface area contributed by atoms with Crippen LogP contribution in [0.2, 0.25) is 0 Å². The standard InChI is InChI=1S/C33H48O2/c1-4-7-9-11-13-27-16-20-31(21-17-27)33(34)35-32(6-3)30-24-22-29(23-25-30)28-18-14-26(15-19-28)12-10-8-5-2/h14-15,18-19,22-25,27,31-32H,4-13,16-17,20-21H2,1-3H3. The summed E-state index contributed by atoms with van der Waals surface area (Å²) in [6.07, 6.45) is 16.7. The van der Waals surface area contributed by atoms with Crippen LogP contribution in [0.4, 0.5) is 0 Å². The number of carbonyl (C=O) groups excluding carboxylic acids is 1. The van der Waals surface area contributed by atoms with Gasteiger partial charge in [0.05, 0.1) is 5.92 Å². The molecule has 1 aliphatic rings. The van der Waals surface area contributed by atoms with Crippen LogP contribution in [0, 0.1) is 11.8 Å². The zero-order chi connectivity index (χ0) is 24.9. The first-order valence-corrected chi connectivity index (χ1v) is 14.5. The fourth-order valence-corrected chi connectivity index (χ4v) is 5.50. The molecule has 2 aromatic carbocycles. The molecule has 1 aliphatic carbocycles. The first kappa shape index (κ1) is 27.5. The molecule has 0 radical (unpaired) electrons. The predicted octanol–water partition coefficient (Wildman–Crippen LogP) is 9.86. The molecule has 1 saturated carbocycles. The molecule has 0 aliphatic heterocycles. The molecule has 2 nitrogen and oxygen atoms in total. The normalized spacial score (nSPS) is 18.8. The molecule has 0 saturated heterocycles. The molecular formula is C33H48O2. The van der Waals surface area contributed by atoms with E-state index in [-0.39, 0.29) is 18.0 Å². The molecule has 0 spiro atoms. The highest BCUT2D eigenvalue weighted by atomic mass is 16.5. The van der Waals surface area contributed by atoms with Crippen LogP contribution in [0.3, 0.4) is 0 Å². The van der Waals surface area contributed by atoms with E-state index in [1.807, 2.05) is 0 Å². The molecule has 2 aromatic rings. The van der Waals surface area contributed by atoms with Crippen molar-refractivity contribution in [3.05, 3.63) is 59.7 Å². The number of esters is 1. The van der Waals surface area contributed by atoms with Crippen LogP contribution < -0.4 is 0 Å². The number of benzene rings is 2. The van der Waals surface area contributed by atoms with Crippen molar-refractivity contribution in [3.8, 4) is 11.1 Å². The van der Waals surface area contributed by atoms with Crippen molar-refractivity contribution in [2.75, 3.05) is 0 Å². The third-order valence-electron chi connectivity index (χ3n) is 7.91. The number of ether oxygens (including phenoxy) is 1. The van der Waals surface area contributed by atoms with E-state index in [0.29, 0.717) is 0 Å². The Morgan fingerprint density at radius 2 is 1.37 bits per heavy atom. The van der Waals surface area contributed by atoms with Gasteiger partial charge < -0.3 is 4.74 Å². The van der Waals surface area contributed by atoms with E-state index >= 15 is 0 Å². The highest BCUT2D eigenvalue weighted by Crippen LogP contribution is 2.34. The number of hydrogen-bond acceptors (Lipinski definition) is 2. The molecule has 0 amide bonds. The van der Waals surface area contributed by atoms with E-state index in [2.05, 4.69) is 69.3 Å². The van der Waals surface area contributed by atoms with Gasteiger partial charge in [-0.2, -0.15) is 0 Å². The first-order valence-electron chi connectivity index (χ1n) is 14.5. The molecule has 3 rings (SSSR count). The Hall–Kier alpha value is -2.09. The van der Waals surface area contributed by atoms with Crippen molar-refractivity contribution in [1.82, 2.24) is 0 Å². The summed E-state index contributed by atoms with van der Waals surface area (Å²) in [6.45, 7) is 6.62. The summed E-state index contributed by atoms with van der Waals surface area (Å²) in [5.41, 5.74) is 4.98. The van der Waals surface area contributed by atoms with E-state index in [9.17, 15) is 4.79 Å². The van der Waals surface area contributed by atoms with Crippen molar-refractivity contribution < 1.29 is 9.53 Å². The van der Waals surface area contributed by atoms with Gasteiger partial charge in [0.1, 0.15) is 6.10 Å². The molecule has 0 N–H and O–H groups in total. The van der Waals surface area contributed by atoms with E-state index in [1.54, 1.807) is 0 Å². The van der Waals surface area contributed by atoms with Gasteiger partial charge in [-0.3, -0.25) is 4.79 Å². The summed E-state index contributed by atoms with van der Waals surface area (Å²) in [5, 5.41) is 0. The SMILES string of the molecule is CCCCCCC1CCC(C(=O)OC(CC)c2ccc(-c3ccc(CCCCC)cc3)cc2)CC1. The lowest BCUT2D eigenvalue weighted by atomic mass is 9.79. The third kappa shape index (κ3) is 8.81. The van der Waals surface area contributed by atoms with Crippen LogP contribution in [-0.4, -0.2) is 5.97 Å². The quantitative estimate of drug-likeness (QED) is 0.200. The summed E-state index contributed by atoms with van der Waals surface area (Å²) in [5.74, 6) is 0.922. The van der Waals surface area contributed by atoms with Crippen LogP contribution in [0.1, 0.15) is 121 Å². The van der Waals surface area contributed by atoms with Crippen molar-refractivity contribution in [1.29, 1.82) is 0 Å². The minimum Gasteiger partial charge on any atom is -0.457 e. The molecule has 0 bridgehead atoms. The highest BCUT2D eigenvalue weighted by molar-refractivity contribution is 5.73. The number of unbranched alkanes of at least 4 members (excludes halogenated alkanes) is 5. The van der Waals surface area contributed by atoms with E-state index in [0.717, 1.165) is 37.2 Å². The topological polar surface area (TPSA) is 26.3 Å². The van der Waals surface area contributed by atoms with Crippen LogP contribution in [0.5, 0.6) is 0 Å². The summed E-state index contributed by atoms with van der Waals surface area (Å²) >= 11 is 0. The minimum atomic E-state index is -0.149. The molecule has 35 heavy (non-hydrogen) atoms. The van der Waals surface area contributed by atoms with Gasteiger partial charge in [0.2, 0.25) is 0 Å². The summed E-state index contributed by atoms with van der Waals surface area (Å²) < 4.78 is 6.04. The second-order valence-electron chi connectivity index (χ2n) is 10.7. The molecule has 2 heteroatoms. The maximum atomic E-state index is 12.9. The molecule has 0 aromatic heterocycles. The van der Waals surface area contributed by atoms with E-state index in [4.69, 9.17) is 4.74 Å². The fourth-order valence-electron chi connectivity index (χ4n) is 5.50. The summed E-state index contributed by atoms with van der Waals surface area (Å²) in [4.78, 5) is 12.9. The van der Waals surface area contributed by atoms with Gasteiger partial charge in [-0.15, -0.1) is 0 Å². The molecule has 1 unspecified atom stereocenters. The van der Waals surface area contributed by atoms with Crippen LogP contribution in [-0.2, 0) is 16.0 Å². The van der Waals surface area contributed by atoms with Gasteiger partial charge in [0.15, 0.2) is 0 Å². The molecule has 192 valence electrons. The largest absolute Gasteiger partial charge is 0.457 e. The second-order valence-corrected chi connectivity index (χ2v) is 10.7. The van der Waals surface area contributed by atoms with Crippen molar-refractivity contribution in [2.45, 2.75) is 117 Å². The smallest absolute Gasteiger partial charge is 0.309 e. The molecule has 1 fully saturated rings. The van der Waals surface area contributed by atoms with Crippen LogP contribution in [0.15, 0.2) is 48.5 Å². The Morgan fingerprint density at radius 1 is 0.771 bits per heavy atom. The fraction of sp³-hybridized carbons (Fsp3) is 0.606. The average Bonchev–Trinajstić information content (AvgIpc) is 2.91. The Labute approximate surface area is 214 Å². The summed E-state index contributed by atoms with van der Waals surface area (Å²) in [6, 6.07) is 17.6. The molecule has 0 heterocycles. The first-order chi connectivity index (χ1) is 17.1. The maximum Gasteiger partial charge on any atom is 0.309 e. The lowest BCUT2D eigenvalue weighted by molar-refractivity contribution is -0.156. The number of carbonyl (C=O) groups is 1. The van der Waals surface area contributed by atoms with Crippen molar-refractivity contribution in [2.24, 2.45) is 11.8 Å². The second kappa shape index (κ2) is 15.1. The summed E-state index contributed by atoms with van der Waals surface area (Å²) in [7, 11) is 0. The number of hydrogen-bond donors (Lipinski definition) is 0. The zero-order valence-electron chi connectivity index (χ0n) is 22.6. The van der Waals surface area contributed by atoms with Gasteiger partial charge in [0, 0.05) is 0 Å². The third-order valence-corrected chi connectivity index (χ3v) is 7.91.